The van der Waals surface area contributed by atoms with Crippen LogP contribution in [0.25, 0.3) is 0 Å². The van der Waals surface area contributed by atoms with Crippen molar-refractivity contribution in [3.8, 4) is 0 Å². The van der Waals surface area contributed by atoms with Crippen LogP contribution in [-0.2, 0) is 21.2 Å². The van der Waals surface area contributed by atoms with Gasteiger partial charge in [-0.2, -0.15) is 0 Å². The van der Waals surface area contributed by atoms with Gasteiger partial charge in [-0.15, -0.1) is 0 Å². The molecular formula is C16H25N3O3S. The third kappa shape index (κ3) is 3.84. The lowest BCUT2D eigenvalue weighted by Crippen LogP contribution is -2.57. The van der Waals surface area contributed by atoms with Gasteiger partial charge in [0.2, 0.25) is 5.91 Å². The summed E-state index contributed by atoms with van der Waals surface area (Å²) in [6.45, 7) is 1.40. The molecule has 1 heterocycles. The fourth-order valence-corrected chi connectivity index (χ4v) is 4.24. The molecule has 1 fully saturated rings. The van der Waals surface area contributed by atoms with Crippen molar-refractivity contribution in [2.24, 2.45) is 0 Å². The van der Waals surface area contributed by atoms with Crippen molar-refractivity contribution in [2.75, 3.05) is 38.3 Å². The summed E-state index contributed by atoms with van der Waals surface area (Å²) >= 11 is 0. The summed E-state index contributed by atoms with van der Waals surface area (Å²) in [5.41, 5.74) is 1.98. The molecule has 0 aromatic heterocycles. The molecule has 0 spiro atoms. The lowest BCUT2D eigenvalue weighted by atomic mass is 9.95. The van der Waals surface area contributed by atoms with Crippen molar-refractivity contribution in [1.82, 2.24) is 10.6 Å². The van der Waals surface area contributed by atoms with Crippen molar-refractivity contribution in [2.45, 2.75) is 24.1 Å². The first-order valence-electron chi connectivity index (χ1n) is 7.71. The highest BCUT2D eigenvalue weighted by Gasteiger charge is 2.48. The Morgan fingerprint density at radius 2 is 1.96 bits per heavy atom. The van der Waals surface area contributed by atoms with Crippen LogP contribution < -0.4 is 15.5 Å². The summed E-state index contributed by atoms with van der Waals surface area (Å²) in [6.07, 6.45) is 1.79. The van der Waals surface area contributed by atoms with Crippen LogP contribution in [0.1, 0.15) is 18.4 Å². The summed E-state index contributed by atoms with van der Waals surface area (Å²) in [5.74, 6) is -0.392. The molecule has 0 radical (unpaired) electrons. The second-order valence-corrected chi connectivity index (χ2v) is 8.59. The van der Waals surface area contributed by atoms with Crippen LogP contribution in [0.5, 0.6) is 0 Å². The number of carbonyl (C=O) groups is 1. The average molecular weight is 339 g/mol. The Balaban J connectivity index is 2.12. The predicted molar refractivity (Wildman–Crippen MR) is 92.3 cm³/mol. The zero-order valence-corrected chi connectivity index (χ0v) is 14.7. The molecule has 1 aliphatic heterocycles. The van der Waals surface area contributed by atoms with E-state index < -0.39 is 20.5 Å². The van der Waals surface area contributed by atoms with Crippen LogP contribution in [0, 0.1) is 0 Å². The number of anilines is 1. The van der Waals surface area contributed by atoms with Gasteiger partial charge in [-0.25, -0.2) is 8.42 Å². The molecule has 7 heteroatoms. The quantitative estimate of drug-likeness (QED) is 0.818. The van der Waals surface area contributed by atoms with Crippen LogP contribution in [0.2, 0.25) is 0 Å². The molecule has 0 atom stereocenters. The molecule has 2 N–H and O–H groups in total. The Morgan fingerprint density at radius 1 is 1.30 bits per heavy atom. The van der Waals surface area contributed by atoms with E-state index in [1.807, 2.05) is 43.3 Å². The Kier molecular flexibility index (Phi) is 5.31. The second-order valence-electron chi connectivity index (χ2n) is 6.26. The van der Waals surface area contributed by atoms with Crippen LogP contribution in [0.4, 0.5) is 5.69 Å². The van der Waals surface area contributed by atoms with Crippen LogP contribution in [0.15, 0.2) is 24.3 Å². The van der Waals surface area contributed by atoms with Crippen LogP contribution in [0.3, 0.4) is 0 Å². The lowest BCUT2D eigenvalue weighted by Gasteiger charge is -2.34. The zero-order chi connectivity index (χ0) is 17.1. The van der Waals surface area contributed by atoms with Crippen molar-refractivity contribution >= 4 is 21.4 Å². The number of nitrogens with zero attached hydrogens (tertiary/aromatic N) is 1. The van der Waals surface area contributed by atoms with E-state index in [0.29, 0.717) is 32.5 Å². The average Bonchev–Trinajstić information content (AvgIpc) is 2.52. The highest BCUT2D eigenvalue weighted by molar-refractivity contribution is 7.92. The molecule has 1 aromatic rings. The van der Waals surface area contributed by atoms with Gasteiger partial charge in [-0.3, -0.25) is 4.79 Å². The molecular weight excluding hydrogens is 314 g/mol. The molecule has 0 bridgehead atoms. The molecule has 1 amide bonds. The minimum Gasteiger partial charge on any atom is -0.378 e. The molecule has 1 aliphatic rings. The van der Waals surface area contributed by atoms with Gasteiger partial charge in [-0.05, 0) is 43.6 Å². The maximum absolute atomic E-state index is 12.6. The number of piperidine rings is 1. The smallest absolute Gasteiger partial charge is 0.241 e. The Hall–Kier alpha value is -1.60. The van der Waals surface area contributed by atoms with E-state index in [9.17, 15) is 13.2 Å². The van der Waals surface area contributed by atoms with Gasteiger partial charge in [0.25, 0.3) is 0 Å². The molecule has 1 saturated heterocycles. The number of amides is 1. The van der Waals surface area contributed by atoms with Crippen LogP contribution in [-0.4, -0.2) is 52.5 Å². The number of rotatable bonds is 5. The maximum atomic E-state index is 12.6. The van der Waals surface area contributed by atoms with Gasteiger partial charge in [0.1, 0.15) is 0 Å². The predicted octanol–water partition coefficient (Wildman–Crippen LogP) is 0.536. The van der Waals surface area contributed by atoms with Crippen molar-refractivity contribution < 1.29 is 13.2 Å². The maximum Gasteiger partial charge on any atom is 0.241 e. The van der Waals surface area contributed by atoms with Gasteiger partial charge in [-0.1, -0.05) is 12.1 Å². The van der Waals surface area contributed by atoms with E-state index >= 15 is 0 Å². The van der Waals surface area contributed by atoms with Gasteiger partial charge >= 0.3 is 0 Å². The zero-order valence-electron chi connectivity index (χ0n) is 13.9. The first-order chi connectivity index (χ1) is 10.8. The molecule has 6 nitrogen and oxygen atoms in total. The first kappa shape index (κ1) is 17.7. The third-order valence-electron chi connectivity index (χ3n) is 4.41. The van der Waals surface area contributed by atoms with Gasteiger partial charge in [0, 0.05) is 32.6 Å². The largest absolute Gasteiger partial charge is 0.378 e. The van der Waals surface area contributed by atoms with E-state index in [0.717, 1.165) is 17.5 Å². The number of hydrogen-bond donors (Lipinski definition) is 2. The lowest BCUT2D eigenvalue weighted by molar-refractivity contribution is -0.124. The van der Waals surface area contributed by atoms with E-state index in [-0.39, 0.29) is 0 Å². The highest BCUT2D eigenvalue weighted by Crippen LogP contribution is 2.28. The highest BCUT2D eigenvalue weighted by atomic mass is 32.2. The summed E-state index contributed by atoms with van der Waals surface area (Å²) in [5, 5.41) is 5.93. The normalized spacial score (nSPS) is 17.5. The number of nitrogens with one attached hydrogen (secondary N) is 2. The number of carbonyl (C=O) groups excluding carboxylic acids is 1. The molecule has 128 valence electrons. The molecule has 0 aliphatic carbocycles. The molecule has 1 aromatic carbocycles. The number of sulfone groups is 1. The van der Waals surface area contributed by atoms with E-state index in [1.54, 1.807) is 0 Å². The molecule has 23 heavy (non-hydrogen) atoms. The summed E-state index contributed by atoms with van der Waals surface area (Å²) < 4.78 is 23.1. The van der Waals surface area contributed by atoms with Gasteiger partial charge in [0.05, 0.1) is 0 Å². The minimum absolute atomic E-state index is 0.315. The summed E-state index contributed by atoms with van der Waals surface area (Å²) in [6, 6.07) is 7.81. The monoisotopic (exact) mass is 339 g/mol. The van der Waals surface area contributed by atoms with Gasteiger partial charge in [0.15, 0.2) is 14.6 Å². The van der Waals surface area contributed by atoms with Crippen LogP contribution >= 0.6 is 0 Å². The molecule has 2 rings (SSSR count). The first-order valence-corrected chi connectivity index (χ1v) is 9.60. The number of hydrogen-bond acceptors (Lipinski definition) is 5. The van der Waals surface area contributed by atoms with Crippen molar-refractivity contribution in [3.05, 3.63) is 29.8 Å². The minimum atomic E-state index is -3.47. The Morgan fingerprint density at radius 3 is 2.52 bits per heavy atom. The van der Waals surface area contributed by atoms with E-state index in [2.05, 4.69) is 10.6 Å². The Labute approximate surface area is 138 Å². The second kappa shape index (κ2) is 6.88. The van der Waals surface area contributed by atoms with E-state index in [1.165, 1.54) is 0 Å². The topological polar surface area (TPSA) is 78.5 Å². The standard InChI is InChI=1S/C16H25N3O3S/c1-19(2)14-6-4-5-13(11-14)12-18-15(20)16(23(3,21)22)7-9-17-10-8-16/h4-6,11,17H,7-10,12H2,1-3H3,(H,18,20). The van der Waals surface area contributed by atoms with Crippen molar-refractivity contribution in [3.63, 3.8) is 0 Å². The summed E-state index contributed by atoms with van der Waals surface area (Å²) in [4.78, 5) is 14.6. The van der Waals surface area contributed by atoms with Crippen molar-refractivity contribution in [1.29, 1.82) is 0 Å². The fourth-order valence-electron chi connectivity index (χ4n) is 2.88. The third-order valence-corrected chi connectivity index (χ3v) is 6.43. The van der Waals surface area contributed by atoms with Gasteiger partial charge < -0.3 is 15.5 Å². The SMILES string of the molecule is CN(C)c1cccc(CNC(=O)C2(S(C)(=O)=O)CCNCC2)c1. The fraction of sp³-hybridized carbons (Fsp3) is 0.562. The van der Waals surface area contributed by atoms with E-state index in [4.69, 9.17) is 0 Å². The Bertz CT molecular complexity index is 665. The number of benzene rings is 1. The molecule has 0 unspecified atom stereocenters. The summed E-state index contributed by atoms with van der Waals surface area (Å²) in [7, 11) is 0.427. The molecule has 0 saturated carbocycles.